The molecule has 0 saturated carbocycles. The van der Waals surface area contributed by atoms with E-state index >= 15 is 0 Å². The first-order valence-corrected chi connectivity index (χ1v) is 6.13. The van der Waals surface area contributed by atoms with Crippen LogP contribution in [-0.2, 0) is 24.8 Å². The van der Waals surface area contributed by atoms with E-state index < -0.39 is 0 Å². The van der Waals surface area contributed by atoms with Gasteiger partial charge in [0.05, 0.1) is 11.8 Å². The molecular weight excluding hydrogens is 202 g/mol. The lowest BCUT2D eigenvalue weighted by atomic mass is 10.2. The van der Waals surface area contributed by atoms with Crippen LogP contribution in [0.15, 0.2) is 6.20 Å². The molecule has 0 radical (unpaired) electrons. The second kappa shape index (κ2) is 5.46. The van der Waals surface area contributed by atoms with Crippen molar-refractivity contribution in [1.29, 1.82) is 0 Å². The molecule has 0 spiro atoms. The van der Waals surface area contributed by atoms with Crippen molar-refractivity contribution in [3.8, 4) is 0 Å². The second-order valence-electron chi connectivity index (χ2n) is 4.39. The van der Waals surface area contributed by atoms with Crippen LogP contribution in [0.25, 0.3) is 0 Å². The van der Waals surface area contributed by atoms with Gasteiger partial charge < -0.3 is 10.1 Å². The molecule has 0 aromatic carbocycles. The van der Waals surface area contributed by atoms with E-state index in [4.69, 9.17) is 4.74 Å². The Labute approximate surface area is 97.0 Å². The van der Waals surface area contributed by atoms with Gasteiger partial charge in [-0.05, 0) is 19.3 Å². The minimum atomic E-state index is 0.418. The second-order valence-corrected chi connectivity index (χ2v) is 4.39. The Kier molecular flexibility index (Phi) is 3.96. The van der Waals surface area contributed by atoms with E-state index in [1.54, 1.807) is 0 Å². The first-order valence-electron chi connectivity index (χ1n) is 6.13. The van der Waals surface area contributed by atoms with Crippen LogP contribution in [0.4, 0.5) is 0 Å². The average molecular weight is 223 g/mol. The lowest BCUT2D eigenvalue weighted by molar-refractivity contribution is 0.110. The van der Waals surface area contributed by atoms with Gasteiger partial charge >= 0.3 is 0 Å². The predicted molar refractivity (Wildman–Crippen MR) is 63.3 cm³/mol. The molecule has 2 rings (SSSR count). The molecule has 2 heterocycles. The fourth-order valence-electron chi connectivity index (χ4n) is 2.20. The average Bonchev–Trinajstić information content (AvgIpc) is 2.88. The molecule has 1 aromatic rings. The fraction of sp³-hybridized carbons (Fsp3) is 0.750. The minimum Gasteiger partial charge on any atom is -0.377 e. The number of rotatable bonds is 5. The highest BCUT2D eigenvalue weighted by molar-refractivity contribution is 5.16. The van der Waals surface area contributed by atoms with Crippen molar-refractivity contribution in [2.24, 2.45) is 7.05 Å². The van der Waals surface area contributed by atoms with Crippen molar-refractivity contribution in [3.63, 3.8) is 0 Å². The minimum absolute atomic E-state index is 0.418. The highest BCUT2D eigenvalue weighted by Gasteiger charge is 2.15. The number of hydrogen-bond acceptors (Lipinski definition) is 3. The normalized spacial score (nSPS) is 20.5. The monoisotopic (exact) mass is 223 g/mol. The zero-order valence-corrected chi connectivity index (χ0v) is 10.2. The molecule has 1 atom stereocenters. The number of nitrogens with zero attached hydrogens (tertiary/aromatic N) is 2. The largest absolute Gasteiger partial charge is 0.377 e. The van der Waals surface area contributed by atoms with Gasteiger partial charge in [0.2, 0.25) is 0 Å². The van der Waals surface area contributed by atoms with E-state index in [0.29, 0.717) is 6.10 Å². The number of aryl methyl sites for hydroxylation is 2. The van der Waals surface area contributed by atoms with Crippen LogP contribution in [-0.4, -0.2) is 29.0 Å². The standard InChI is InChI=1S/C12H21N3O/c1-3-12-10(9-15(2)14-12)7-13-8-11-5-4-6-16-11/h9,11,13H,3-8H2,1-2H3. The van der Waals surface area contributed by atoms with Gasteiger partial charge in [-0.25, -0.2) is 0 Å². The van der Waals surface area contributed by atoms with Crippen LogP contribution in [0.2, 0.25) is 0 Å². The van der Waals surface area contributed by atoms with Gasteiger partial charge in [0.15, 0.2) is 0 Å². The molecule has 1 saturated heterocycles. The molecular formula is C12H21N3O. The Morgan fingerprint density at radius 2 is 2.50 bits per heavy atom. The Morgan fingerprint density at radius 3 is 3.19 bits per heavy atom. The van der Waals surface area contributed by atoms with Crippen molar-refractivity contribution in [3.05, 3.63) is 17.5 Å². The molecule has 1 aliphatic heterocycles. The van der Waals surface area contributed by atoms with Crippen molar-refractivity contribution in [1.82, 2.24) is 15.1 Å². The van der Waals surface area contributed by atoms with Crippen LogP contribution >= 0.6 is 0 Å². The Hall–Kier alpha value is -0.870. The molecule has 0 aliphatic carbocycles. The number of aromatic nitrogens is 2. The SMILES string of the molecule is CCc1nn(C)cc1CNCC1CCCO1. The van der Waals surface area contributed by atoms with Crippen LogP contribution < -0.4 is 5.32 Å². The first kappa shape index (κ1) is 11.6. The van der Waals surface area contributed by atoms with E-state index in [-0.39, 0.29) is 0 Å². The topological polar surface area (TPSA) is 39.1 Å². The van der Waals surface area contributed by atoms with Gasteiger partial charge in [0.1, 0.15) is 0 Å². The summed E-state index contributed by atoms with van der Waals surface area (Å²) in [7, 11) is 1.97. The quantitative estimate of drug-likeness (QED) is 0.816. The first-order chi connectivity index (χ1) is 7.79. The summed E-state index contributed by atoms with van der Waals surface area (Å²) in [6, 6.07) is 0. The van der Waals surface area contributed by atoms with E-state index in [0.717, 1.165) is 26.1 Å². The highest BCUT2D eigenvalue weighted by Crippen LogP contribution is 2.11. The Morgan fingerprint density at radius 1 is 1.62 bits per heavy atom. The predicted octanol–water partition coefficient (Wildman–Crippen LogP) is 1.25. The zero-order valence-electron chi connectivity index (χ0n) is 10.2. The van der Waals surface area contributed by atoms with Gasteiger partial charge in [-0.15, -0.1) is 0 Å². The number of hydrogen-bond donors (Lipinski definition) is 1. The number of nitrogens with one attached hydrogen (secondary N) is 1. The molecule has 0 bridgehead atoms. The molecule has 1 aromatic heterocycles. The fourth-order valence-corrected chi connectivity index (χ4v) is 2.20. The van der Waals surface area contributed by atoms with Gasteiger partial charge in [0, 0.05) is 38.5 Å². The van der Waals surface area contributed by atoms with Gasteiger partial charge in [-0.2, -0.15) is 5.10 Å². The van der Waals surface area contributed by atoms with Crippen molar-refractivity contribution < 1.29 is 4.74 Å². The maximum absolute atomic E-state index is 5.57. The molecule has 0 amide bonds. The van der Waals surface area contributed by atoms with Gasteiger partial charge in [0.25, 0.3) is 0 Å². The highest BCUT2D eigenvalue weighted by atomic mass is 16.5. The van der Waals surface area contributed by atoms with Crippen molar-refractivity contribution in [2.75, 3.05) is 13.2 Å². The molecule has 4 heteroatoms. The van der Waals surface area contributed by atoms with E-state index in [1.807, 2.05) is 11.7 Å². The van der Waals surface area contributed by atoms with Crippen LogP contribution in [0.1, 0.15) is 31.0 Å². The summed E-state index contributed by atoms with van der Waals surface area (Å²) in [5.41, 5.74) is 2.50. The summed E-state index contributed by atoms with van der Waals surface area (Å²) in [4.78, 5) is 0. The van der Waals surface area contributed by atoms with Crippen molar-refractivity contribution in [2.45, 2.75) is 38.8 Å². The summed E-state index contributed by atoms with van der Waals surface area (Å²) < 4.78 is 7.46. The third-order valence-electron chi connectivity index (χ3n) is 3.04. The third kappa shape index (κ3) is 2.83. The molecule has 1 aliphatic rings. The molecule has 16 heavy (non-hydrogen) atoms. The Balaban J connectivity index is 1.79. The molecule has 1 N–H and O–H groups in total. The zero-order chi connectivity index (χ0) is 11.4. The maximum Gasteiger partial charge on any atom is 0.0700 e. The molecule has 90 valence electrons. The lowest BCUT2D eigenvalue weighted by Crippen LogP contribution is -2.25. The summed E-state index contributed by atoms with van der Waals surface area (Å²) in [5.74, 6) is 0. The maximum atomic E-state index is 5.57. The van der Waals surface area contributed by atoms with E-state index in [9.17, 15) is 0 Å². The van der Waals surface area contributed by atoms with Crippen LogP contribution in [0.3, 0.4) is 0 Å². The Bertz CT molecular complexity index is 329. The summed E-state index contributed by atoms with van der Waals surface area (Å²) in [5, 5.41) is 7.88. The van der Waals surface area contributed by atoms with Gasteiger partial charge in [-0.3, -0.25) is 4.68 Å². The summed E-state index contributed by atoms with van der Waals surface area (Å²) in [6.07, 6.45) is 5.92. The molecule has 1 fully saturated rings. The van der Waals surface area contributed by atoms with Crippen LogP contribution in [0.5, 0.6) is 0 Å². The summed E-state index contributed by atoms with van der Waals surface area (Å²) in [6.45, 7) is 4.93. The third-order valence-corrected chi connectivity index (χ3v) is 3.04. The lowest BCUT2D eigenvalue weighted by Gasteiger charge is -2.10. The van der Waals surface area contributed by atoms with E-state index in [1.165, 1.54) is 24.1 Å². The van der Waals surface area contributed by atoms with Crippen LogP contribution in [0, 0.1) is 0 Å². The summed E-state index contributed by atoms with van der Waals surface area (Å²) >= 11 is 0. The number of ether oxygens (including phenoxy) is 1. The molecule has 1 unspecified atom stereocenters. The smallest absolute Gasteiger partial charge is 0.0700 e. The van der Waals surface area contributed by atoms with Crippen molar-refractivity contribution >= 4 is 0 Å². The molecule has 4 nitrogen and oxygen atoms in total. The van der Waals surface area contributed by atoms with Gasteiger partial charge in [-0.1, -0.05) is 6.92 Å². The van der Waals surface area contributed by atoms with E-state index in [2.05, 4.69) is 23.5 Å².